The van der Waals surface area contributed by atoms with Gasteiger partial charge in [0, 0.05) is 18.1 Å². The Bertz CT molecular complexity index is 490. The number of hydrogen-bond acceptors (Lipinski definition) is 3. The second-order valence-electron chi connectivity index (χ2n) is 4.46. The number of likely N-dealkylation sites (N-methyl/N-ethyl adjacent to an activating group) is 1. The van der Waals surface area contributed by atoms with Crippen LogP contribution in [0, 0.1) is 0 Å². The average Bonchev–Trinajstić information content (AvgIpc) is 2.57. The van der Waals surface area contributed by atoms with Gasteiger partial charge in [-0.1, -0.05) is 29.8 Å². The van der Waals surface area contributed by atoms with Crippen molar-refractivity contribution in [2.24, 2.45) is 0 Å². The molecule has 1 aromatic rings. The van der Waals surface area contributed by atoms with Crippen molar-refractivity contribution in [3.63, 3.8) is 0 Å². The first-order chi connectivity index (χ1) is 8.50. The molecule has 1 fully saturated rings. The lowest BCUT2D eigenvalue weighted by Gasteiger charge is -2.19. The Morgan fingerprint density at radius 1 is 1.39 bits per heavy atom. The van der Waals surface area contributed by atoms with E-state index in [0.29, 0.717) is 5.02 Å². The van der Waals surface area contributed by atoms with Crippen molar-refractivity contribution in [2.45, 2.75) is 25.4 Å². The lowest BCUT2D eigenvalue weighted by molar-refractivity contribution is -0.137. The summed E-state index contributed by atoms with van der Waals surface area (Å²) >= 11 is 6.10. The normalized spacial score (nSPS) is 21.5. The zero-order valence-electron chi connectivity index (χ0n) is 10.3. The number of benzene rings is 1. The molecule has 2 rings (SSSR count). The third kappa shape index (κ3) is 2.40. The molecule has 0 radical (unpaired) electrons. The molecule has 18 heavy (non-hydrogen) atoms. The van der Waals surface area contributed by atoms with E-state index in [4.69, 9.17) is 11.6 Å². The third-order valence-electron chi connectivity index (χ3n) is 3.20. The summed E-state index contributed by atoms with van der Waals surface area (Å²) in [6.07, 6.45) is 0.212. The van der Waals surface area contributed by atoms with Crippen LogP contribution in [0.1, 0.15) is 24.9 Å². The van der Waals surface area contributed by atoms with Gasteiger partial charge in [0.25, 0.3) is 0 Å². The number of hydrogen-bond donors (Lipinski definition) is 1. The monoisotopic (exact) mass is 266 g/mol. The van der Waals surface area contributed by atoms with Crippen LogP contribution in [0.3, 0.4) is 0 Å². The Morgan fingerprint density at radius 3 is 2.61 bits per heavy atom. The summed E-state index contributed by atoms with van der Waals surface area (Å²) < 4.78 is 0. The van der Waals surface area contributed by atoms with E-state index in [1.54, 1.807) is 0 Å². The molecule has 0 aromatic heterocycles. The largest absolute Gasteiger partial charge is 0.299 e. The second kappa shape index (κ2) is 5.08. The fourth-order valence-corrected chi connectivity index (χ4v) is 2.40. The minimum absolute atomic E-state index is 0.0769. The first-order valence-corrected chi connectivity index (χ1v) is 6.19. The highest BCUT2D eigenvalue weighted by atomic mass is 35.5. The summed E-state index contributed by atoms with van der Waals surface area (Å²) in [5.74, 6) is -0.331. The highest BCUT2D eigenvalue weighted by Crippen LogP contribution is 2.24. The summed E-state index contributed by atoms with van der Waals surface area (Å²) in [4.78, 5) is 24.4. The maximum Gasteiger partial charge on any atom is 0.246 e. The molecule has 1 aromatic carbocycles. The summed E-state index contributed by atoms with van der Waals surface area (Å²) in [6, 6.07) is 6.94. The van der Waals surface area contributed by atoms with Crippen molar-refractivity contribution in [2.75, 3.05) is 7.05 Å². The van der Waals surface area contributed by atoms with Crippen LogP contribution in [-0.2, 0) is 9.59 Å². The molecule has 1 aliphatic rings. The zero-order chi connectivity index (χ0) is 13.3. The molecule has 0 aliphatic carbocycles. The predicted octanol–water partition coefficient (Wildman–Crippen LogP) is 1.75. The topological polar surface area (TPSA) is 49.4 Å². The lowest BCUT2D eigenvalue weighted by atomic mass is 10.1. The summed E-state index contributed by atoms with van der Waals surface area (Å²) in [5.41, 5.74) is 0.925. The quantitative estimate of drug-likeness (QED) is 0.848. The first-order valence-electron chi connectivity index (χ1n) is 5.81. The van der Waals surface area contributed by atoms with Gasteiger partial charge in [0.05, 0.1) is 12.5 Å². The highest BCUT2D eigenvalue weighted by Gasteiger charge is 2.36. The first kappa shape index (κ1) is 13.1. The summed E-state index contributed by atoms with van der Waals surface area (Å²) in [5, 5.41) is 3.81. The number of nitrogens with zero attached hydrogens (tertiary/aromatic N) is 1. The smallest absolute Gasteiger partial charge is 0.246 e. The molecule has 1 heterocycles. The van der Waals surface area contributed by atoms with Gasteiger partial charge in [0.15, 0.2) is 0 Å². The molecular formula is C13H15ClN2O2. The fraction of sp³-hybridized carbons (Fsp3) is 0.385. The maximum absolute atomic E-state index is 11.8. The van der Waals surface area contributed by atoms with Gasteiger partial charge in [-0.25, -0.2) is 0 Å². The molecule has 0 bridgehead atoms. The predicted molar refractivity (Wildman–Crippen MR) is 69.2 cm³/mol. The zero-order valence-corrected chi connectivity index (χ0v) is 11.1. The molecule has 5 heteroatoms. The van der Waals surface area contributed by atoms with E-state index < -0.39 is 6.04 Å². The molecule has 2 atom stereocenters. The van der Waals surface area contributed by atoms with Crippen LogP contribution >= 0.6 is 11.6 Å². The van der Waals surface area contributed by atoms with E-state index in [9.17, 15) is 9.59 Å². The Labute approximate surface area is 111 Å². The molecule has 1 N–H and O–H groups in total. The van der Waals surface area contributed by atoms with Crippen LogP contribution in [-0.4, -0.2) is 29.8 Å². The van der Waals surface area contributed by atoms with Gasteiger partial charge in [-0.05, 0) is 18.6 Å². The van der Waals surface area contributed by atoms with Crippen molar-refractivity contribution in [3.8, 4) is 0 Å². The molecule has 0 spiro atoms. The Kier molecular flexibility index (Phi) is 3.68. The van der Waals surface area contributed by atoms with Gasteiger partial charge in [-0.3, -0.25) is 19.8 Å². The number of rotatable bonds is 3. The van der Waals surface area contributed by atoms with Crippen molar-refractivity contribution in [1.29, 1.82) is 0 Å². The van der Waals surface area contributed by atoms with Crippen LogP contribution in [0.25, 0.3) is 0 Å². The average molecular weight is 267 g/mol. The number of imide groups is 1. The molecule has 1 saturated heterocycles. The van der Waals surface area contributed by atoms with Gasteiger partial charge in [-0.15, -0.1) is 0 Å². The van der Waals surface area contributed by atoms with Crippen LogP contribution < -0.4 is 5.32 Å². The maximum atomic E-state index is 11.8. The lowest BCUT2D eigenvalue weighted by Crippen LogP contribution is -2.38. The van der Waals surface area contributed by atoms with Crippen molar-refractivity contribution in [3.05, 3.63) is 34.9 Å². The van der Waals surface area contributed by atoms with E-state index in [0.717, 1.165) is 10.5 Å². The number of carbonyl (C=O) groups is 2. The Balaban J connectivity index is 2.09. The SMILES string of the molecule is C[C@H](NC1CC(=O)N(C)C1=O)c1ccccc1Cl. The van der Waals surface area contributed by atoms with Crippen molar-refractivity contribution in [1.82, 2.24) is 10.2 Å². The fourth-order valence-electron chi connectivity index (χ4n) is 2.10. The van der Waals surface area contributed by atoms with E-state index in [1.807, 2.05) is 31.2 Å². The summed E-state index contributed by atoms with van der Waals surface area (Å²) in [7, 11) is 1.51. The van der Waals surface area contributed by atoms with Gasteiger partial charge < -0.3 is 0 Å². The third-order valence-corrected chi connectivity index (χ3v) is 3.55. The number of halogens is 1. The van der Waals surface area contributed by atoms with Crippen LogP contribution in [0.4, 0.5) is 0 Å². The van der Waals surface area contributed by atoms with Gasteiger partial charge >= 0.3 is 0 Å². The number of likely N-dealkylation sites (tertiary alicyclic amines) is 1. The molecule has 96 valence electrons. The molecular weight excluding hydrogens is 252 g/mol. The van der Waals surface area contributed by atoms with Gasteiger partial charge in [0.2, 0.25) is 11.8 Å². The van der Waals surface area contributed by atoms with Crippen LogP contribution in [0.2, 0.25) is 5.02 Å². The molecule has 0 saturated carbocycles. The van der Waals surface area contributed by atoms with E-state index in [2.05, 4.69) is 5.32 Å². The molecule has 2 amide bonds. The van der Waals surface area contributed by atoms with E-state index in [1.165, 1.54) is 7.05 Å². The molecule has 1 unspecified atom stereocenters. The minimum atomic E-state index is -0.450. The summed E-state index contributed by atoms with van der Waals surface area (Å²) in [6.45, 7) is 1.93. The van der Waals surface area contributed by atoms with E-state index in [-0.39, 0.29) is 24.3 Å². The number of carbonyl (C=O) groups excluding carboxylic acids is 2. The van der Waals surface area contributed by atoms with E-state index >= 15 is 0 Å². The Morgan fingerprint density at radius 2 is 2.06 bits per heavy atom. The van der Waals surface area contributed by atoms with Crippen molar-refractivity contribution >= 4 is 23.4 Å². The number of amides is 2. The minimum Gasteiger partial charge on any atom is -0.299 e. The standard InChI is InChI=1S/C13H15ClN2O2/c1-8(9-5-3-4-6-10(9)14)15-11-7-12(17)16(2)13(11)18/h3-6,8,11,15H,7H2,1-2H3/t8-,11?/m0/s1. The second-order valence-corrected chi connectivity index (χ2v) is 4.86. The van der Waals surface area contributed by atoms with Crippen LogP contribution in [0.5, 0.6) is 0 Å². The Hall–Kier alpha value is -1.39. The molecule has 4 nitrogen and oxygen atoms in total. The molecule has 1 aliphatic heterocycles. The van der Waals surface area contributed by atoms with Gasteiger partial charge in [0.1, 0.15) is 0 Å². The van der Waals surface area contributed by atoms with Crippen molar-refractivity contribution < 1.29 is 9.59 Å². The van der Waals surface area contributed by atoms with Crippen LogP contribution in [0.15, 0.2) is 24.3 Å². The number of nitrogens with one attached hydrogen (secondary N) is 1. The highest BCUT2D eigenvalue weighted by molar-refractivity contribution is 6.31. The van der Waals surface area contributed by atoms with Gasteiger partial charge in [-0.2, -0.15) is 0 Å².